The van der Waals surface area contributed by atoms with Gasteiger partial charge in [0.1, 0.15) is 5.56 Å². The van der Waals surface area contributed by atoms with E-state index in [1.807, 2.05) is 7.05 Å². The topological polar surface area (TPSA) is 65.5 Å². The fourth-order valence-corrected chi connectivity index (χ4v) is 2.35. The molecule has 1 aliphatic heterocycles. The van der Waals surface area contributed by atoms with Crippen LogP contribution >= 0.6 is 0 Å². The van der Waals surface area contributed by atoms with E-state index in [-0.39, 0.29) is 11.4 Å². The van der Waals surface area contributed by atoms with Gasteiger partial charge >= 0.3 is 5.97 Å². The van der Waals surface area contributed by atoms with Crippen LogP contribution in [0.2, 0.25) is 0 Å². The number of piperidine rings is 1. The fraction of sp³-hybridized carbons (Fsp3) is 0.538. The highest BCUT2D eigenvalue weighted by molar-refractivity contribution is 5.88. The average Bonchev–Trinajstić information content (AvgIpc) is 2.39. The molecule has 0 aromatic carbocycles. The number of nitrogens with one attached hydrogen (secondary N) is 1. The fourth-order valence-electron chi connectivity index (χ4n) is 2.35. The molecule has 1 aliphatic rings. The number of carbonyl (C=O) groups is 1. The molecule has 1 atom stereocenters. The van der Waals surface area contributed by atoms with Crippen molar-refractivity contribution >= 4 is 11.8 Å². The molecular formula is C13H18FN3O2. The Morgan fingerprint density at radius 1 is 1.63 bits per heavy atom. The van der Waals surface area contributed by atoms with Gasteiger partial charge in [-0.2, -0.15) is 0 Å². The van der Waals surface area contributed by atoms with Crippen LogP contribution in [0, 0.1) is 5.82 Å². The molecule has 6 heteroatoms. The second kappa shape index (κ2) is 5.97. The first-order chi connectivity index (χ1) is 9.09. The molecule has 0 aliphatic carbocycles. The van der Waals surface area contributed by atoms with Crippen molar-refractivity contribution in [2.45, 2.75) is 25.3 Å². The van der Waals surface area contributed by atoms with E-state index in [0.29, 0.717) is 12.6 Å². The molecule has 2 rings (SSSR count). The summed E-state index contributed by atoms with van der Waals surface area (Å²) in [4.78, 5) is 16.9. The van der Waals surface area contributed by atoms with Crippen molar-refractivity contribution < 1.29 is 14.3 Å². The molecule has 0 saturated carbocycles. The van der Waals surface area contributed by atoms with E-state index in [4.69, 9.17) is 5.11 Å². The van der Waals surface area contributed by atoms with Gasteiger partial charge in [-0.3, -0.25) is 0 Å². The Kier molecular flexibility index (Phi) is 4.31. The van der Waals surface area contributed by atoms with Gasteiger partial charge in [0.05, 0.1) is 0 Å². The minimum Gasteiger partial charge on any atom is -0.478 e. The maximum Gasteiger partial charge on any atom is 0.338 e. The summed E-state index contributed by atoms with van der Waals surface area (Å²) in [5.74, 6) is -2.06. The Hall–Kier alpha value is -1.69. The van der Waals surface area contributed by atoms with Gasteiger partial charge < -0.3 is 15.3 Å². The number of anilines is 1. The highest BCUT2D eigenvalue weighted by Crippen LogP contribution is 2.18. The van der Waals surface area contributed by atoms with E-state index < -0.39 is 11.8 Å². The summed E-state index contributed by atoms with van der Waals surface area (Å²) in [6, 6.07) is 1.50. The highest BCUT2D eigenvalue weighted by Gasteiger charge is 2.20. The molecule has 2 N–H and O–H groups in total. The number of halogens is 1. The zero-order valence-electron chi connectivity index (χ0n) is 10.9. The van der Waals surface area contributed by atoms with Gasteiger partial charge in [-0.05, 0) is 32.5 Å². The van der Waals surface area contributed by atoms with E-state index in [2.05, 4.69) is 15.2 Å². The van der Waals surface area contributed by atoms with Crippen molar-refractivity contribution in [3.8, 4) is 0 Å². The minimum absolute atomic E-state index is 0.0128. The van der Waals surface area contributed by atoms with Crippen LogP contribution in [0.5, 0.6) is 0 Å². The van der Waals surface area contributed by atoms with E-state index in [9.17, 15) is 9.18 Å². The number of pyridine rings is 1. The summed E-state index contributed by atoms with van der Waals surface area (Å²) in [5.41, 5.74) is -0.352. The number of likely N-dealkylation sites (N-methyl/N-ethyl adjacent to an activating group) is 1. The first kappa shape index (κ1) is 13.7. The van der Waals surface area contributed by atoms with Crippen molar-refractivity contribution in [3.63, 3.8) is 0 Å². The molecule has 0 radical (unpaired) electrons. The van der Waals surface area contributed by atoms with Crippen molar-refractivity contribution in [2.75, 3.05) is 25.5 Å². The van der Waals surface area contributed by atoms with Crippen LogP contribution in [0.4, 0.5) is 10.2 Å². The molecule has 5 nitrogen and oxygen atoms in total. The predicted octanol–water partition coefficient (Wildman–Crippen LogP) is 1.82. The lowest BCUT2D eigenvalue weighted by molar-refractivity contribution is 0.0692. The van der Waals surface area contributed by atoms with Crippen LogP contribution in [0.25, 0.3) is 0 Å². The average molecular weight is 267 g/mol. The second-order valence-electron chi connectivity index (χ2n) is 4.84. The summed E-state index contributed by atoms with van der Waals surface area (Å²) in [6.45, 7) is 1.61. The molecule has 2 heterocycles. The van der Waals surface area contributed by atoms with Gasteiger partial charge in [0, 0.05) is 18.8 Å². The van der Waals surface area contributed by atoms with Gasteiger partial charge in [-0.1, -0.05) is 6.42 Å². The second-order valence-corrected chi connectivity index (χ2v) is 4.84. The molecule has 104 valence electrons. The Bertz CT molecular complexity index is 467. The Morgan fingerprint density at radius 2 is 2.42 bits per heavy atom. The number of hydrogen-bond acceptors (Lipinski definition) is 4. The van der Waals surface area contributed by atoms with Crippen LogP contribution in [0.15, 0.2) is 12.3 Å². The Labute approximate surface area is 111 Å². The summed E-state index contributed by atoms with van der Waals surface area (Å²) >= 11 is 0. The molecule has 1 saturated heterocycles. The molecule has 0 bridgehead atoms. The molecule has 1 aromatic heterocycles. The van der Waals surface area contributed by atoms with Gasteiger partial charge in [-0.25, -0.2) is 14.2 Å². The Balaban J connectivity index is 2.03. The lowest BCUT2D eigenvalue weighted by atomic mass is 10.0. The van der Waals surface area contributed by atoms with E-state index in [1.165, 1.54) is 19.0 Å². The summed E-state index contributed by atoms with van der Waals surface area (Å²) < 4.78 is 13.9. The van der Waals surface area contributed by atoms with Crippen molar-refractivity contribution in [1.82, 2.24) is 9.88 Å². The SMILES string of the molecule is CN1CCCCC1CNc1nccc(C(=O)O)c1F. The third-order valence-corrected chi connectivity index (χ3v) is 3.55. The number of carboxylic acids is 1. The van der Waals surface area contributed by atoms with E-state index in [1.54, 1.807) is 0 Å². The molecule has 1 fully saturated rings. The lowest BCUT2D eigenvalue weighted by Gasteiger charge is -2.32. The van der Waals surface area contributed by atoms with E-state index >= 15 is 0 Å². The van der Waals surface area contributed by atoms with Gasteiger partial charge in [-0.15, -0.1) is 0 Å². The number of hydrogen-bond donors (Lipinski definition) is 2. The number of nitrogens with zero attached hydrogens (tertiary/aromatic N) is 2. The van der Waals surface area contributed by atoms with Crippen LogP contribution in [-0.4, -0.2) is 47.1 Å². The first-order valence-electron chi connectivity index (χ1n) is 6.41. The molecule has 1 aromatic rings. The quantitative estimate of drug-likeness (QED) is 0.871. The molecule has 0 spiro atoms. The predicted molar refractivity (Wildman–Crippen MR) is 69.9 cm³/mol. The third kappa shape index (κ3) is 3.20. The van der Waals surface area contributed by atoms with Crippen LogP contribution < -0.4 is 5.32 Å². The first-order valence-corrected chi connectivity index (χ1v) is 6.41. The smallest absolute Gasteiger partial charge is 0.338 e. The number of aromatic nitrogens is 1. The monoisotopic (exact) mass is 267 g/mol. The molecule has 19 heavy (non-hydrogen) atoms. The molecule has 0 amide bonds. The van der Waals surface area contributed by atoms with Crippen LogP contribution in [-0.2, 0) is 0 Å². The zero-order valence-corrected chi connectivity index (χ0v) is 10.9. The number of aromatic carboxylic acids is 1. The summed E-state index contributed by atoms with van der Waals surface area (Å²) in [7, 11) is 2.04. The highest BCUT2D eigenvalue weighted by atomic mass is 19.1. The third-order valence-electron chi connectivity index (χ3n) is 3.55. The summed E-state index contributed by atoms with van der Waals surface area (Å²) in [6.07, 6.45) is 4.72. The zero-order chi connectivity index (χ0) is 13.8. The largest absolute Gasteiger partial charge is 0.478 e. The Morgan fingerprint density at radius 3 is 3.11 bits per heavy atom. The van der Waals surface area contributed by atoms with Crippen molar-refractivity contribution in [2.24, 2.45) is 0 Å². The standard InChI is InChI=1S/C13H18FN3O2/c1-17-7-3-2-4-9(17)8-16-12-11(14)10(13(18)19)5-6-15-12/h5-6,9H,2-4,7-8H2,1H3,(H,15,16)(H,18,19). The summed E-state index contributed by atoms with van der Waals surface area (Å²) in [5, 5.41) is 11.8. The van der Waals surface area contributed by atoms with Crippen LogP contribution in [0.3, 0.4) is 0 Å². The van der Waals surface area contributed by atoms with Crippen LogP contribution in [0.1, 0.15) is 29.6 Å². The van der Waals surface area contributed by atoms with Crippen molar-refractivity contribution in [3.05, 3.63) is 23.6 Å². The normalized spacial score (nSPS) is 20.2. The number of likely N-dealkylation sites (tertiary alicyclic amines) is 1. The lowest BCUT2D eigenvalue weighted by Crippen LogP contribution is -2.41. The maximum absolute atomic E-state index is 13.9. The minimum atomic E-state index is -1.28. The number of carboxylic acid groups (broad SMARTS) is 1. The van der Waals surface area contributed by atoms with Crippen molar-refractivity contribution in [1.29, 1.82) is 0 Å². The molecular weight excluding hydrogens is 249 g/mol. The maximum atomic E-state index is 13.9. The van der Waals surface area contributed by atoms with E-state index in [0.717, 1.165) is 19.0 Å². The van der Waals surface area contributed by atoms with Gasteiger partial charge in [0.25, 0.3) is 0 Å². The molecule has 1 unspecified atom stereocenters. The number of rotatable bonds is 4. The van der Waals surface area contributed by atoms with Gasteiger partial charge in [0.15, 0.2) is 11.6 Å². The van der Waals surface area contributed by atoms with Gasteiger partial charge in [0.2, 0.25) is 0 Å².